The second-order valence-corrected chi connectivity index (χ2v) is 7.22. The summed E-state index contributed by atoms with van der Waals surface area (Å²) in [5, 5.41) is 4.22. The highest BCUT2D eigenvalue weighted by atomic mass is 79.9. The van der Waals surface area contributed by atoms with E-state index in [0.29, 0.717) is 18.7 Å². The zero-order valence-corrected chi connectivity index (χ0v) is 14.8. The van der Waals surface area contributed by atoms with Crippen molar-refractivity contribution in [1.29, 1.82) is 0 Å². The fraction of sp³-hybridized carbons (Fsp3) is 0.471. The van der Waals surface area contributed by atoms with Crippen molar-refractivity contribution in [1.82, 2.24) is 9.78 Å². The largest absolute Gasteiger partial charge is 0.492 e. The van der Waals surface area contributed by atoms with Crippen LogP contribution in [0.3, 0.4) is 0 Å². The van der Waals surface area contributed by atoms with Gasteiger partial charge in [-0.1, -0.05) is 22.4 Å². The molecule has 1 aliphatic carbocycles. The number of halogens is 4. The molecule has 1 saturated carbocycles. The van der Waals surface area contributed by atoms with Crippen LogP contribution >= 0.6 is 15.9 Å². The minimum absolute atomic E-state index is 0.140. The lowest BCUT2D eigenvalue weighted by atomic mass is 9.69. The van der Waals surface area contributed by atoms with Gasteiger partial charge in [-0.05, 0) is 44.0 Å². The van der Waals surface area contributed by atoms with E-state index in [1.807, 2.05) is 19.1 Å². The summed E-state index contributed by atoms with van der Waals surface area (Å²) >= 11 is 3.40. The lowest BCUT2D eigenvalue weighted by Crippen LogP contribution is -2.48. The zero-order valence-electron chi connectivity index (χ0n) is 13.2. The summed E-state index contributed by atoms with van der Waals surface area (Å²) < 4.78 is 48.1. The number of nitrogens with zero attached hydrogens (tertiary/aromatic N) is 2. The second-order valence-electron chi connectivity index (χ2n) is 6.30. The molecule has 0 aliphatic heterocycles. The molecular formula is C17H18BrF3N2O. The summed E-state index contributed by atoms with van der Waals surface area (Å²) in [5.74, 6) is 0.476. The standard InChI is InChI=1S/C17H18BrF3N2O/c1-12-5-8-22-23(12)10-13-9-14(18)3-4-15(13)24-11-16(6-2-7-16)17(19,20)21/h3-5,8-9H,2,6-7,10-11H2,1H3. The second kappa shape index (κ2) is 6.43. The van der Waals surface area contributed by atoms with Gasteiger partial charge in [-0.2, -0.15) is 18.3 Å². The van der Waals surface area contributed by atoms with Crippen molar-refractivity contribution in [2.75, 3.05) is 6.61 Å². The molecule has 24 heavy (non-hydrogen) atoms. The van der Waals surface area contributed by atoms with Crippen LogP contribution in [0.2, 0.25) is 0 Å². The monoisotopic (exact) mass is 402 g/mol. The molecule has 0 bridgehead atoms. The topological polar surface area (TPSA) is 27.1 Å². The lowest BCUT2D eigenvalue weighted by molar-refractivity contribution is -0.259. The van der Waals surface area contributed by atoms with Gasteiger partial charge in [0, 0.05) is 21.9 Å². The quantitative estimate of drug-likeness (QED) is 0.694. The van der Waals surface area contributed by atoms with Crippen LogP contribution in [0.15, 0.2) is 34.9 Å². The highest BCUT2D eigenvalue weighted by molar-refractivity contribution is 9.10. The third kappa shape index (κ3) is 3.31. The molecule has 0 N–H and O–H groups in total. The number of aryl methyl sites for hydroxylation is 1. The first-order chi connectivity index (χ1) is 11.3. The van der Waals surface area contributed by atoms with E-state index in [4.69, 9.17) is 4.74 Å². The molecule has 130 valence electrons. The van der Waals surface area contributed by atoms with Crippen LogP contribution in [0.25, 0.3) is 0 Å². The van der Waals surface area contributed by atoms with Crippen LogP contribution in [0, 0.1) is 12.3 Å². The van der Waals surface area contributed by atoms with Gasteiger partial charge in [-0.3, -0.25) is 4.68 Å². The SMILES string of the molecule is Cc1ccnn1Cc1cc(Br)ccc1OCC1(C(F)(F)F)CCC1. The van der Waals surface area contributed by atoms with Gasteiger partial charge in [0.25, 0.3) is 0 Å². The Kier molecular flexibility index (Phi) is 4.64. The van der Waals surface area contributed by atoms with E-state index < -0.39 is 11.6 Å². The normalized spacial score (nSPS) is 16.7. The first-order valence-electron chi connectivity index (χ1n) is 7.77. The number of hydrogen-bond donors (Lipinski definition) is 0. The number of rotatable bonds is 5. The highest BCUT2D eigenvalue weighted by Gasteiger charge is 2.58. The molecule has 0 amide bonds. The maximum Gasteiger partial charge on any atom is 0.397 e. The molecule has 3 nitrogen and oxygen atoms in total. The Labute approximate surface area is 146 Å². The predicted molar refractivity (Wildman–Crippen MR) is 88.0 cm³/mol. The smallest absolute Gasteiger partial charge is 0.397 e. The fourth-order valence-electron chi connectivity index (χ4n) is 2.87. The first-order valence-corrected chi connectivity index (χ1v) is 8.56. The minimum Gasteiger partial charge on any atom is -0.492 e. The van der Waals surface area contributed by atoms with E-state index in [-0.39, 0.29) is 19.4 Å². The summed E-state index contributed by atoms with van der Waals surface area (Å²) in [7, 11) is 0. The molecule has 1 aliphatic rings. The summed E-state index contributed by atoms with van der Waals surface area (Å²) in [6.07, 6.45) is -1.65. The van der Waals surface area contributed by atoms with Gasteiger partial charge in [0.2, 0.25) is 0 Å². The Morgan fingerprint density at radius 3 is 2.58 bits per heavy atom. The average molecular weight is 403 g/mol. The van der Waals surface area contributed by atoms with Gasteiger partial charge in [0.15, 0.2) is 0 Å². The Hall–Kier alpha value is -1.50. The van der Waals surface area contributed by atoms with E-state index in [1.54, 1.807) is 23.0 Å². The Morgan fingerprint density at radius 2 is 2.04 bits per heavy atom. The highest BCUT2D eigenvalue weighted by Crippen LogP contribution is 2.53. The Morgan fingerprint density at radius 1 is 1.29 bits per heavy atom. The Bertz CT molecular complexity index is 723. The van der Waals surface area contributed by atoms with Gasteiger partial charge in [0.1, 0.15) is 12.4 Å². The van der Waals surface area contributed by atoms with Crippen molar-refractivity contribution in [2.24, 2.45) is 5.41 Å². The Balaban J connectivity index is 1.79. The van der Waals surface area contributed by atoms with Gasteiger partial charge < -0.3 is 4.74 Å². The molecule has 1 aromatic carbocycles. The summed E-state index contributed by atoms with van der Waals surface area (Å²) in [4.78, 5) is 0. The van der Waals surface area contributed by atoms with Gasteiger partial charge in [-0.25, -0.2) is 0 Å². The maximum absolute atomic E-state index is 13.3. The average Bonchev–Trinajstić information content (AvgIpc) is 2.83. The third-order valence-electron chi connectivity index (χ3n) is 4.69. The van der Waals surface area contributed by atoms with Crippen molar-refractivity contribution in [3.8, 4) is 5.75 Å². The van der Waals surface area contributed by atoms with E-state index in [9.17, 15) is 13.2 Å². The van der Waals surface area contributed by atoms with E-state index in [2.05, 4.69) is 21.0 Å². The van der Waals surface area contributed by atoms with Crippen LogP contribution in [0.1, 0.15) is 30.5 Å². The van der Waals surface area contributed by atoms with Crippen LogP contribution in [0.5, 0.6) is 5.75 Å². The number of ether oxygens (including phenoxy) is 1. The van der Waals surface area contributed by atoms with Crippen molar-refractivity contribution >= 4 is 15.9 Å². The maximum atomic E-state index is 13.3. The summed E-state index contributed by atoms with van der Waals surface area (Å²) in [6.45, 7) is 2.05. The molecule has 0 spiro atoms. The first kappa shape index (κ1) is 17.3. The number of hydrogen-bond acceptors (Lipinski definition) is 2. The lowest BCUT2D eigenvalue weighted by Gasteiger charge is -2.42. The number of alkyl halides is 3. The van der Waals surface area contributed by atoms with Crippen LogP contribution in [-0.2, 0) is 6.54 Å². The third-order valence-corrected chi connectivity index (χ3v) is 5.18. The molecule has 0 saturated heterocycles. The van der Waals surface area contributed by atoms with E-state index in [0.717, 1.165) is 15.7 Å². The molecule has 2 aromatic rings. The molecule has 1 heterocycles. The molecule has 1 fully saturated rings. The van der Waals surface area contributed by atoms with Gasteiger partial charge >= 0.3 is 6.18 Å². The van der Waals surface area contributed by atoms with Gasteiger partial charge in [0.05, 0.1) is 12.0 Å². The van der Waals surface area contributed by atoms with Crippen molar-refractivity contribution in [3.05, 3.63) is 46.2 Å². The number of aromatic nitrogens is 2. The molecule has 3 rings (SSSR count). The van der Waals surface area contributed by atoms with Crippen molar-refractivity contribution in [2.45, 2.75) is 38.9 Å². The van der Waals surface area contributed by atoms with Crippen molar-refractivity contribution in [3.63, 3.8) is 0 Å². The predicted octanol–water partition coefficient (Wildman–Crippen LogP) is 5.11. The van der Waals surface area contributed by atoms with Crippen LogP contribution in [-0.4, -0.2) is 22.6 Å². The fourth-order valence-corrected chi connectivity index (χ4v) is 3.28. The van der Waals surface area contributed by atoms with E-state index >= 15 is 0 Å². The molecule has 0 unspecified atom stereocenters. The van der Waals surface area contributed by atoms with E-state index in [1.165, 1.54) is 0 Å². The van der Waals surface area contributed by atoms with Crippen molar-refractivity contribution < 1.29 is 17.9 Å². The number of benzene rings is 1. The molecule has 1 aromatic heterocycles. The molecular weight excluding hydrogens is 385 g/mol. The van der Waals surface area contributed by atoms with Crippen LogP contribution < -0.4 is 4.74 Å². The zero-order chi connectivity index (χ0) is 17.4. The molecule has 7 heteroatoms. The molecule has 0 atom stereocenters. The van der Waals surface area contributed by atoms with Crippen LogP contribution in [0.4, 0.5) is 13.2 Å². The van der Waals surface area contributed by atoms with Gasteiger partial charge in [-0.15, -0.1) is 0 Å². The minimum atomic E-state index is -4.22. The molecule has 0 radical (unpaired) electrons. The summed E-state index contributed by atoms with van der Waals surface area (Å²) in [5.41, 5.74) is 0.0818. The summed E-state index contributed by atoms with van der Waals surface area (Å²) in [6, 6.07) is 7.22.